The summed E-state index contributed by atoms with van der Waals surface area (Å²) in [6, 6.07) is 1.60. The van der Waals surface area contributed by atoms with Gasteiger partial charge in [-0.1, -0.05) is 19.7 Å². The quantitative estimate of drug-likeness (QED) is 0.645. The Kier molecular flexibility index (Phi) is 2.91. The normalized spacial score (nSPS) is 9.75. The molecular formula is C7H11BN3O. The van der Waals surface area contributed by atoms with Crippen LogP contribution in [0, 0.1) is 0 Å². The van der Waals surface area contributed by atoms with E-state index < -0.39 is 0 Å². The fourth-order valence-electron chi connectivity index (χ4n) is 0.833. The van der Waals surface area contributed by atoms with Crippen LogP contribution in [0.3, 0.4) is 0 Å². The molecule has 0 saturated carbocycles. The molecule has 4 nitrogen and oxygen atoms in total. The molecule has 1 radical (unpaired) electrons. The molecule has 1 aromatic heterocycles. The zero-order valence-corrected chi connectivity index (χ0v) is 7.03. The summed E-state index contributed by atoms with van der Waals surface area (Å²) >= 11 is 0. The molecule has 1 heterocycles. The van der Waals surface area contributed by atoms with Gasteiger partial charge < -0.3 is 10.2 Å². The number of nitrogens with zero attached hydrogens (tertiary/aromatic N) is 2. The van der Waals surface area contributed by atoms with Crippen molar-refractivity contribution in [2.24, 2.45) is 0 Å². The molecule has 0 amide bonds. The minimum absolute atomic E-state index is 0.265. The summed E-state index contributed by atoms with van der Waals surface area (Å²) in [5, 5.41) is 0. The van der Waals surface area contributed by atoms with Gasteiger partial charge in [0, 0.05) is 0 Å². The maximum absolute atomic E-state index is 11.1. The van der Waals surface area contributed by atoms with E-state index in [1.54, 1.807) is 19.7 Å². The molecule has 5 heteroatoms. The zero-order valence-electron chi connectivity index (χ0n) is 7.03. The molecule has 1 aromatic rings. The average molecular weight is 164 g/mol. The minimum Gasteiger partial charge on any atom is -0.383 e. The Bertz CT molecular complexity index is 310. The lowest BCUT2D eigenvalue weighted by Crippen LogP contribution is -2.26. The van der Waals surface area contributed by atoms with E-state index in [-0.39, 0.29) is 11.5 Å². The largest absolute Gasteiger partial charge is 0.383 e. The molecule has 0 bridgehead atoms. The average Bonchev–Trinajstić information content (AvgIpc) is 2.03. The van der Waals surface area contributed by atoms with Gasteiger partial charge in [0.1, 0.15) is 5.82 Å². The molecule has 0 spiro atoms. The van der Waals surface area contributed by atoms with Crippen molar-refractivity contribution in [2.45, 2.75) is 19.7 Å². The summed E-state index contributed by atoms with van der Waals surface area (Å²) in [5.41, 5.74) is 5.00. The molecule has 63 valence electrons. The number of hydrogen-bond donors (Lipinski definition) is 1. The topological polar surface area (TPSA) is 60.9 Å². The van der Waals surface area contributed by atoms with Crippen molar-refractivity contribution >= 4 is 13.2 Å². The van der Waals surface area contributed by atoms with E-state index in [0.717, 1.165) is 12.7 Å². The van der Waals surface area contributed by atoms with Crippen LogP contribution in [0.25, 0.3) is 0 Å². The zero-order chi connectivity index (χ0) is 8.97. The van der Waals surface area contributed by atoms with Gasteiger partial charge in [0.2, 0.25) is 0 Å². The second-order valence-electron chi connectivity index (χ2n) is 2.51. The van der Waals surface area contributed by atoms with Crippen LogP contribution in [0.15, 0.2) is 17.1 Å². The fraction of sp³-hybridized carbons (Fsp3) is 0.429. The summed E-state index contributed by atoms with van der Waals surface area (Å²) in [5.74, 6) is 0.265. The lowest BCUT2D eigenvalue weighted by Gasteiger charge is -2.00. The Labute approximate surface area is 71.7 Å². The van der Waals surface area contributed by atoms with Crippen LogP contribution in [0.4, 0.5) is 5.82 Å². The molecule has 0 aliphatic heterocycles. The van der Waals surface area contributed by atoms with Gasteiger partial charge in [-0.05, 0) is 12.3 Å². The molecule has 0 aliphatic rings. The van der Waals surface area contributed by atoms with Gasteiger partial charge in [0.05, 0.1) is 0 Å². The van der Waals surface area contributed by atoms with Crippen LogP contribution in [0.5, 0.6) is 0 Å². The third-order valence-electron chi connectivity index (χ3n) is 1.47. The molecule has 0 aromatic carbocycles. The van der Waals surface area contributed by atoms with Crippen LogP contribution in [-0.4, -0.2) is 16.9 Å². The highest BCUT2D eigenvalue weighted by molar-refractivity contribution is 6.33. The lowest BCUT2D eigenvalue weighted by atomic mass is 9.87. The second kappa shape index (κ2) is 3.94. The van der Waals surface area contributed by atoms with Crippen LogP contribution >= 0.6 is 0 Å². The predicted octanol–water partition coefficient (Wildman–Crippen LogP) is 0.121. The Morgan fingerprint density at radius 2 is 2.50 bits per heavy atom. The number of nitrogen functional groups attached to an aromatic ring is 1. The van der Waals surface area contributed by atoms with Crippen molar-refractivity contribution in [3.63, 3.8) is 0 Å². The number of hydrogen-bond acceptors (Lipinski definition) is 3. The molecule has 2 N–H and O–H groups in total. The molecule has 0 saturated heterocycles. The number of rotatable bonds is 3. The smallest absolute Gasteiger partial charge is 0.336 e. The summed E-state index contributed by atoms with van der Waals surface area (Å²) < 4.78 is 1.44. The molecule has 12 heavy (non-hydrogen) atoms. The van der Waals surface area contributed by atoms with Crippen LogP contribution in [0.1, 0.15) is 13.3 Å². The van der Waals surface area contributed by atoms with Crippen LogP contribution in [-0.2, 0) is 0 Å². The van der Waals surface area contributed by atoms with Gasteiger partial charge in [0.15, 0.2) is 0 Å². The van der Waals surface area contributed by atoms with Gasteiger partial charge in [-0.3, -0.25) is 0 Å². The Morgan fingerprint density at radius 1 is 1.75 bits per heavy atom. The summed E-state index contributed by atoms with van der Waals surface area (Å²) in [4.78, 5) is 14.7. The van der Waals surface area contributed by atoms with E-state index in [9.17, 15) is 4.79 Å². The molecular weight excluding hydrogens is 153 g/mol. The molecule has 1 rings (SSSR count). The van der Waals surface area contributed by atoms with Crippen molar-refractivity contribution < 1.29 is 0 Å². The maximum Gasteiger partial charge on any atom is 0.336 e. The number of anilines is 1. The first kappa shape index (κ1) is 8.84. The first-order chi connectivity index (χ1) is 5.74. The van der Waals surface area contributed by atoms with Gasteiger partial charge in [-0.2, -0.15) is 4.98 Å². The van der Waals surface area contributed by atoms with Gasteiger partial charge >= 0.3 is 5.69 Å². The van der Waals surface area contributed by atoms with Gasteiger partial charge in [-0.25, -0.2) is 4.79 Å². The molecule has 0 aliphatic carbocycles. The molecule has 0 atom stereocenters. The van der Waals surface area contributed by atoms with Crippen molar-refractivity contribution in [3.05, 3.63) is 22.7 Å². The Morgan fingerprint density at radius 3 is 3.08 bits per heavy atom. The highest BCUT2D eigenvalue weighted by Gasteiger charge is 1.97. The van der Waals surface area contributed by atoms with Crippen molar-refractivity contribution in [1.29, 1.82) is 0 Å². The highest BCUT2D eigenvalue weighted by atomic mass is 16.1. The summed E-state index contributed by atoms with van der Waals surface area (Å²) in [6.45, 7) is 2.05. The third kappa shape index (κ3) is 2.12. The van der Waals surface area contributed by atoms with Gasteiger partial charge in [0.25, 0.3) is 7.41 Å². The van der Waals surface area contributed by atoms with E-state index >= 15 is 0 Å². The van der Waals surface area contributed by atoms with E-state index in [2.05, 4.69) is 4.98 Å². The van der Waals surface area contributed by atoms with Gasteiger partial charge in [-0.15, -0.1) is 0 Å². The number of aromatic nitrogens is 2. The minimum atomic E-state index is -0.316. The molecule has 0 unspecified atom stereocenters. The summed E-state index contributed by atoms with van der Waals surface area (Å²) in [7, 11) is 1.80. The second-order valence-corrected chi connectivity index (χ2v) is 2.51. The third-order valence-corrected chi connectivity index (χ3v) is 1.47. The SMILES string of the molecule is CCC[B]n1ccc(N)nc1=O. The van der Waals surface area contributed by atoms with E-state index in [4.69, 9.17) is 5.73 Å². The standard InChI is InChI=1S/C7H11BN3O/c1-2-4-8-11-5-3-6(9)10-7(11)12/h3,5H,2,4H2,1H3,(H2,9,10,12). The fourth-order valence-corrected chi connectivity index (χ4v) is 0.833. The van der Waals surface area contributed by atoms with E-state index in [1.807, 2.05) is 6.92 Å². The monoisotopic (exact) mass is 164 g/mol. The first-order valence-electron chi connectivity index (χ1n) is 3.92. The highest BCUT2D eigenvalue weighted by Crippen LogP contribution is 1.90. The Hall–Kier alpha value is -1.26. The predicted molar refractivity (Wildman–Crippen MR) is 49.2 cm³/mol. The van der Waals surface area contributed by atoms with Crippen molar-refractivity contribution in [2.75, 3.05) is 5.73 Å². The summed E-state index contributed by atoms with van der Waals surface area (Å²) in [6.07, 6.45) is 3.50. The van der Waals surface area contributed by atoms with Crippen molar-refractivity contribution in [3.8, 4) is 0 Å². The number of nitrogens with two attached hydrogens (primary N) is 1. The van der Waals surface area contributed by atoms with Crippen LogP contribution < -0.4 is 11.4 Å². The van der Waals surface area contributed by atoms with E-state index in [1.165, 1.54) is 4.48 Å². The van der Waals surface area contributed by atoms with E-state index in [0.29, 0.717) is 0 Å². The Balaban J connectivity index is 2.80. The maximum atomic E-state index is 11.1. The van der Waals surface area contributed by atoms with Crippen LogP contribution in [0.2, 0.25) is 6.32 Å². The lowest BCUT2D eigenvalue weighted by molar-refractivity contribution is 0.968. The molecule has 0 fully saturated rings. The first-order valence-corrected chi connectivity index (χ1v) is 3.92. The van der Waals surface area contributed by atoms with Crippen molar-refractivity contribution in [1.82, 2.24) is 9.46 Å².